The van der Waals surface area contributed by atoms with Crippen LogP contribution in [0.3, 0.4) is 0 Å². The first-order chi connectivity index (χ1) is 9.58. The highest BCUT2D eigenvalue weighted by molar-refractivity contribution is 7.08. The van der Waals surface area contributed by atoms with Gasteiger partial charge in [0, 0.05) is 11.4 Å². The minimum Gasteiger partial charge on any atom is -0.304 e. The Hall–Kier alpha value is -2.06. The van der Waals surface area contributed by atoms with Gasteiger partial charge in [-0.1, -0.05) is 0 Å². The maximum atomic E-state index is 13.7. The molecule has 0 aliphatic rings. The number of amides is 1. The predicted octanol–water partition coefficient (Wildman–Crippen LogP) is 3.72. The lowest BCUT2D eigenvalue weighted by molar-refractivity contribution is 0.102. The van der Waals surface area contributed by atoms with Crippen molar-refractivity contribution in [2.75, 3.05) is 5.32 Å². The van der Waals surface area contributed by atoms with E-state index < -0.39 is 28.7 Å². The van der Waals surface area contributed by atoms with Crippen LogP contribution in [0.1, 0.15) is 10.4 Å². The molecule has 1 aromatic carbocycles. The third kappa shape index (κ3) is 2.59. The van der Waals surface area contributed by atoms with Crippen molar-refractivity contribution in [3.05, 3.63) is 45.9 Å². The molecule has 2 N–H and O–H groups in total. The van der Waals surface area contributed by atoms with Gasteiger partial charge in [-0.25, -0.2) is 13.2 Å². The number of hydrogen-bond donors (Lipinski definition) is 2. The topological polar surface area (TPSA) is 57.8 Å². The van der Waals surface area contributed by atoms with Crippen LogP contribution in [0.5, 0.6) is 0 Å². The van der Waals surface area contributed by atoms with Crippen molar-refractivity contribution in [1.29, 1.82) is 0 Å². The largest absolute Gasteiger partial charge is 0.304 e. The highest BCUT2D eigenvalue weighted by atomic mass is 35.5. The van der Waals surface area contributed by atoms with E-state index in [-0.39, 0.29) is 23.7 Å². The Bertz CT molecular complexity index is 804. The number of benzene rings is 1. The summed E-state index contributed by atoms with van der Waals surface area (Å²) in [5, 5.41) is 11.0. The van der Waals surface area contributed by atoms with Crippen molar-refractivity contribution in [3.63, 3.8) is 0 Å². The summed E-state index contributed by atoms with van der Waals surface area (Å²) in [5.41, 5.74) is 0.0490. The molecule has 4 nitrogen and oxygen atoms in total. The summed E-state index contributed by atoms with van der Waals surface area (Å²) >= 11 is 1.31. The molecule has 0 saturated heterocycles. The zero-order valence-corrected chi connectivity index (χ0v) is 11.7. The van der Waals surface area contributed by atoms with E-state index in [9.17, 15) is 18.0 Å². The minimum atomic E-state index is -1.34. The van der Waals surface area contributed by atoms with Crippen molar-refractivity contribution < 1.29 is 18.0 Å². The smallest absolute Gasteiger partial charge is 0.257 e. The zero-order chi connectivity index (χ0) is 14.3. The number of aromatic amines is 1. The maximum absolute atomic E-state index is 13.7. The van der Waals surface area contributed by atoms with Crippen LogP contribution in [0.2, 0.25) is 0 Å². The Morgan fingerprint density at radius 2 is 2.05 bits per heavy atom. The Morgan fingerprint density at radius 3 is 2.71 bits per heavy atom. The third-order valence-electron chi connectivity index (χ3n) is 2.70. The van der Waals surface area contributed by atoms with Gasteiger partial charge in [0.15, 0.2) is 23.3 Å². The normalized spacial score (nSPS) is 10.4. The Morgan fingerprint density at radius 1 is 1.29 bits per heavy atom. The summed E-state index contributed by atoms with van der Waals surface area (Å²) in [6, 6.07) is 1.98. The van der Waals surface area contributed by atoms with Crippen molar-refractivity contribution >= 4 is 46.4 Å². The van der Waals surface area contributed by atoms with Gasteiger partial charge in [-0.05, 0) is 11.4 Å². The van der Waals surface area contributed by atoms with Crippen LogP contribution in [-0.2, 0) is 0 Å². The number of nitrogens with one attached hydrogen (secondary N) is 2. The second-order valence-corrected chi connectivity index (χ2v) is 4.72. The molecule has 0 radical (unpaired) electrons. The highest BCUT2D eigenvalue weighted by Crippen LogP contribution is 2.28. The Balaban J connectivity index is 0.00000161. The van der Waals surface area contributed by atoms with Crippen LogP contribution >= 0.6 is 23.7 Å². The minimum absolute atomic E-state index is 0. The van der Waals surface area contributed by atoms with Gasteiger partial charge in [-0.3, -0.25) is 9.89 Å². The van der Waals surface area contributed by atoms with Crippen LogP contribution < -0.4 is 5.32 Å². The number of anilines is 1. The molecule has 0 unspecified atom stereocenters. The van der Waals surface area contributed by atoms with Crippen LogP contribution in [-0.4, -0.2) is 16.1 Å². The third-order valence-corrected chi connectivity index (χ3v) is 3.39. The molecule has 3 aromatic rings. The lowest BCUT2D eigenvalue weighted by atomic mass is 10.2. The number of rotatable bonds is 2. The molecule has 3 rings (SSSR count). The SMILES string of the molecule is Cl.O=C(Nc1n[nH]c2c(F)cc(F)c(F)c12)c1ccsc1. The lowest BCUT2D eigenvalue weighted by Crippen LogP contribution is -2.11. The summed E-state index contributed by atoms with van der Waals surface area (Å²) < 4.78 is 40.4. The van der Waals surface area contributed by atoms with E-state index in [4.69, 9.17) is 0 Å². The summed E-state index contributed by atoms with van der Waals surface area (Å²) in [6.07, 6.45) is 0. The summed E-state index contributed by atoms with van der Waals surface area (Å²) in [7, 11) is 0. The fourth-order valence-electron chi connectivity index (χ4n) is 1.76. The maximum Gasteiger partial charge on any atom is 0.257 e. The molecule has 2 aromatic heterocycles. The fourth-order valence-corrected chi connectivity index (χ4v) is 2.39. The first kappa shape index (κ1) is 15.3. The molecule has 21 heavy (non-hydrogen) atoms. The van der Waals surface area contributed by atoms with Gasteiger partial charge in [-0.15, -0.1) is 12.4 Å². The predicted molar refractivity (Wildman–Crippen MR) is 75.5 cm³/mol. The molecule has 1 amide bonds. The molecule has 2 heterocycles. The standard InChI is InChI=1S/C12H6F3N3OS.ClH/c13-6-3-7(14)10-8(9(6)15)11(18-17-10)16-12(19)5-1-2-20-4-5;/h1-4H,(H2,16,17,18,19);1H. The van der Waals surface area contributed by atoms with E-state index in [1.165, 1.54) is 11.3 Å². The van der Waals surface area contributed by atoms with Crippen LogP contribution in [0.4, 0.5) is 19.0 Å². The average Bonchev–Trinajstić information content (AvgIpc) is 3.05. The number of carbonyl (C=O) groups excluding carboxylic acids is 1. The van der Waals surface area contributed by atoms with Gasteiger partial charge in [0.2, 0.25) is 0 Å². The Kier molecular flexibility index (Phi) is 4.19. The molecule has 0 aliphatic carbocycles. The van der Waals surface area contributed by atoms with Crippen molar-refractivity contribution in [2.45, 2.75) is 0 Å². The summed E-state index contributed by atoms with van der Waals surface area (Å²) in [4.78, 5) is 11.8. The first-order valence-electron chi connectivity index (χ1n) is 5.43. The van der Waals surface area contributed by atoms with Gasteiger partial charge >= 0.3 is 0 Å². The fraction of sp³-hybridized carbons (Fsp3) is 0. The number of thiophene rings is 1. The molecule has 0 saturated carbocycles. The van der Waals surface area contributed by atoms with Gasteiger partial charge in [0.05, 0.1) is 10.9 Å². The molecule has 0 aliphatic heterocycles. The number of carbonyl (C=O) groups is 1. The lowest BCUT2D eigenvalue weighted by Gasteiger charge is -2.02. The van der Waals surface area contributed by atoms with E-state index in [2.05, 4.69) is 15.5 Å². The van der Waals surface area contributed by atoms with Gasteiger partial charge in [-0.2, -0.15) is 16.4 Å². The van der Waals surface area contributed by atoms with Crippen molar-refractivity contribution in [1.82, 2.24) is 10.2 Å². The number of hydrogen-bond acceptors (Lipinski definition) is 3. The number of H-pyrrole nitrogens is 1. The van der Waals surface area contributed by atoms with E-state index in [1.807, 2.05) is 0 Å². The molecular weight excluding hydrogens is 327 g/mol. The second-order valence-electron chi connectivity index (χ2n) is 3.94. The van der Waals surface area contributed by atoms with Crippen molar-refractivity contribution in [2.24, 2.45) is 0 Å². The molecule has 0 spiro atoms. The molecule has 0 atom stereocenters. The quantitative estimate of drug-likeness (QED) is 0.702. The first-order valence-corrected chi connectivity index (χ1v) is 6.37. The number of nitrogens with zero attached hydrogens (tertiary/aromatic N) is 1. The van der Waals surface area contributed by atoms with E-state index in [1.54, 1.807) is 16.8 Å². The van der Waals surface area contributed by atoms with E-state index in [0.717, 1.165) is 0 Å². The van der Waals surface area contributed by atoms with Crippen LogP contribution in [0.25, 0.3) is 10.9 Å². The van der Waals surface area contributed by atoms with E-state index in [0.29, 0.717) is 11.6 Å². The average molecular weight is 334 g/mol. The monoisotopic (exact) mass is 333 g/mol. The molecule has 0 fully saturated rings. The molecule has 0 bridgehead atoms. The summed E-state index contributed by atoms with van der Waals surface area (Å²) in [5.74, 6) is -4.39. The second kappa shape index (κ2) is 5.74. The van der Waals surface area contributed by atoms with Gasteiger partial charge < -0.3 is 5.32 Å². The molecule has 9 heteroatoms. The van der Waals surface area contributed by atoms with Crippen LogP contribution in [0.15, 0.2) is 22.9 Å². The molecule has 110 valence electrons. The number of halogens is 4. The zero-order valence-electron chi connectivity index (χ0n) is 10.1. The number of aromatic nitrogens is 2. The highest BCUT2D eigenvalue weighted by Gasteiger charge is 2.20. The van der Waals surface area contributed by atoms with Gasteiger partial charge in [0.25, 0.3) is 5.91 Å². The summed E-state index contributed by atoms with van der Waals surface area (Å²) in [6.45, 7) is 0. The van der Waals surface area contributed by atoms with Crippen LogP contribution in [0, 0.1) is 17.5 Å². The van der Waals surface area contributed by atoms with Gasteiger partial charge in [0.1, 0.15) is 5.52 Å². The molecular formula is C12H7ClF3N3OS. The van der Waals surface area contributed by atoms with Crippen molar-refractivity contribution in [3.8, 4) is 0 Å². The Labute approximate surface area is 126 Å². The number of fused-ring (bicyclic) bond motifs is 1. The van der Waals surface area contributed by atoms with E-state index >= 15 is 0 Å².